The van der Waals surface area contributed by atoms with Crippen LogP contribution < -0.4 is 10.2 Å². The fourth-order valence-electron chi connectivity index (χ4n) is 2.85. The highest BCUT2D eigenvalue weighted by molar-refractivity contribution is 5.56. The van der Waals surface area contributed by atoms with Crippen LogP contribution in [0.3, 0.4) is 0 Å². The number of para-hydroxylation sites is 1. The predicted molar refractivity (Wildman–Crippen MR) is 80.8 cm³/mol. The first-order chi connectivity index (χ1) is 9.13. The van der Waals surface area contributed by atoms with E-state index in [0.717, 1.165) is 19.5 Å². The molecule has 2 N–H and O–H groups in total. The first kappa shape index (κ1) is 14.4. The van der Waals surface area contributed by atoms with Gasteiger partial charge in [0, 0.05) is 37.5 Å². The van der Waals surface area contributed by atoms with Crippen LogP contribution in [-0.4, -0.2) is 36.9 Å². The van der Waals surface area contributed by atoms with E-state index < -0.39 is 0 Å². The molecule has 1 fully saturated rings. The number of benzene rings is 1. The number of piperazine rings is 1. The maximum absolute atomic E-state index is 9.13. The summed E-state index contributed by atoms with van der Waals surface area (Å²) < 4.78 is 0. The molecule has 2 rings (SSSR count). The number of hydrogen-bond acceptors (Lipinski definition) is 3. The molecular formula is C16H26N2O. The maximum atomic E-state index is 9.13. The molecule has 1 aliphatic rings. The Kier molecular flexibility index (Phi) is 4.83. The van der Waals surface area contributed by atoms with Crippen LogP contribution in [0.25, 0.3) is 0 Å². The summed E-state index contributed by atoms with van der Waals surface area (Å²) in [7, 11) is 0. The minimum absolute atomic E-state index is 0.256. The molecule has 1 heterocycles. The van der Waals surface area contributed by atoms with Gasteiger partial charge in [-0.1, -0.05) is 32.0 Å². The Morgan fingerprint density at radius 1 is 1.37 bits per heavy atom. The molecule has 0 bridgehead atoms. The minimum atomic E-state index is 0.256. The lowest BCUT2D eigenvalue weighted by Crippen LogP contribution is -2.56. The smallest absolute Gasteiger partial charge is 0.0446 e. The summed E-state index contributed by atoms with van der Waals surface area (Å²) in [6.45, 7) is 8.97. The molecule has 0 radical (unpaired) electrons. The summed E-state index contributed by atoms with van der Waals surface area (Å²) in [5.74, 6) is 0.537. The molecule has 1 saturated heterocycles. The van der Waals surface area contributed by atoms with Crippen LogP contribution in [0.1, 0.15) is 38.7 Å². The zero-order valence-electron chi connectivity index (χ0n) is 12.3. The second kappa shape index (κ2) is 6.40. The van der Waals surface area contributed by atoms with E-state index in [1.807, 2.05) is 0 Å². The fraction of sp³-hybridized carbons (Fsp3) is 0.625. The molecule has 106 valence electrons. The minimum Gasteiger partial charge on any atom is -0.396 e. The van der Waals surface area contributed by atoms with Gasteiger partial charge in [0.2, 0.25) is 0 Å². The molecule has 0 aromatic heterocycles. The van der Waals surface area contributed by atoms with E-state index in [0.29, 0.717) is 18.0 Å². The largest absolute Gasteiger partial charge is 0.396 e. The summed E-state index contributed by atoms with van der Waals surface area (Å²) in [6.07, 6.45) is 0.826. The van der Waals surface area contributed by atoms with Gasteiger partial charge in [-0.25, -0.2) is 0 Å². The number of nitrogens with zero attached hydrogens (tertiary/aromatic N) is 1. The Morgan fingerprint density at radius 2 is 2.11 bits per heavy atom. The monoisotopic (exact) mass is 262 g/mol. The molecule has 1 aliphatic heterocycles. The van der Waals surface area contributed by atoms with Gasteiger partial charge in [-0.05, 0) is 30.9 Å². The number of nitrogens with one attached hydrogen (secondary N) is 1. The standard InChI is InChI=1S/C16H26N2O/c1-12(2)15-6-4-5-7-16(15)18-11-14(8-9-19)17-10-13(18)3/h4-7,12-14,17,19H,8-11H2,1-3H3. The Morgan fingerprint density at radius 3 is 2.79 bits per heavy atom. The van der Waals surface area contributed by atoms with Gasteiger partial charge in [0.05, 0.1) is 0 Å². The van der Waals surface area contributed by atoms with Crippen LogP contribution in [0, 0.1) is 0 Å². The van der Waals surface area contributed by atoms with Crippen molar-refractivity contribution >= 4 is 5.69 Å². The van der Waals surface area contributed by atoms with Crippen molar-refractivity contribution in [2.24, 2.45) is 0 Å². The van der Waals surface area contributed by atoms with E-state index in [-0.39, 0.29) is 6.61 Å². The third kappa shape index (κ3) is 3.28. The molecule has 2 atom stereocenters. The lowest BCUT2D eigenvalue weighted by atomic mass is 9.98. The molecule has 3 heteroatoms. The zero-order valence-corrected chi connectivity index (χ0v) is 12.3. The lowest BCUT2D eigenvalue weighted by molar-refractivity contribution is 0.254. The number of rotatable bonds is 4. The molecular weight excluding hydrogens is 236 g/mol. The first-order valence-electron chi connectivity index (χ1n) is 7.33. The van der Waals surface area contributed by atoms with Crippen molar-refractivity contribution in [2.45, 2.75) is 45.2 Å². The van der Waals surface area contributed by atoms with Crippen molar-refractivity contribution in [2.75, 3.05) is 24.6 Å². The predicted octanol–water partition coefficient (Wildman–Crippen LogP) is 2.36. The molecule has 2 unspecified atom stereocenters. The van der Waals surface area contributed by atoms with Crippen LogP contribution in [0.2, 0.25) is 0 Å². The average molecular weight is 262 g/mol. The van der Waals surface area contributed by atoms with Crippen molar-refractivity contribution < 1.29 is 5.11 Å². The Bertz CT molecular complexity index is 405. The molecule has 3 nitrogen and oxygen atoms in total. The van der Waals surface area contributed by atoms with Crippen LogP contribution in [0.4, 0.5) is 5.69 Å². The summed E-state index contributed by atoms with van der Waals surface area (Å²) in [5, 5.41) is 12.6. The molecule has 1 aromatic rings. The topological polar surface area (TPSA) is 35.5 Å². The number of aliphatic hydroxyl groups is 1. The molecule has 0 aliphatic carbocycles. The van der Waals surface area contributed by atoms with Gasteiger partial charge in [-0.3, -0.25) is 0 Å². The summed E-state index contributed by atoms with van der Waals surface area (Å²) in [4.78, 5) is 2.49. The maximum Gasteiger partial charge on any atom is 0.0446 e. The van der Waals surface area contributed by atoms with Crippen LogP contribution in [0.5, 0.6) is 0 Å². The number of anilines is 1. The second-order valence-corrected chi connectivity index (χ2v) is 5.83. The van der Waals surface area contributed by atoms with Gasteiger partial charge in [-0.15, -0.1) is 0 Å². The highest BCUT2D eigenvalue weighted by Crippen LogP contribution is 2.29. The fourth-order valence-corrected chi connectivity index (χ4v) is 2.85. The highest BCUT2D eigenvalue weighted by Gasteiger charge is 2.26. The van der Waals surface area contributed by atoms with Crippen molar-refractivity contribution in [1.29, 1.82) is 0 Å². The Balaban J connectivity index is 2.23. The normalized spacial score (nSPS) is 23.9. The van der Waals surface area contributed by atoms with Gasteiger partial charge in [0.1, 0.15) is 0 Å². The molecule has 1 aromatic carbocycles. The van der Waals surface area contributed by atoms with E-state index >= 15 is 0 Å². The van der Waals surface area contributed by atoms with E-state index in [1.54, 1.807) is 0 Å². The van der Waals surface area contributed by atoms with Crippen LogP contribution in [-0.2, 0) is 0 Å². The van der Waals surface area contributed by atoms with Crippen molar-refractivity contribution in [3.05, 3.63) is 29.8 Å². The quantitative estimate of drug-likeness (QED) is 0.874. The van der Waals surface area contributed by atoms with Crippen molar-refractivity contribution in [3.63, 3.8) is 0 Å². The van der Waals surface area contributed by atoms with Crippen molar-refractivity contribution in [3.8, 4) is 0 Å². The number of hydrogen-bond donors (Lipinski definition) is 2. The number of aliphatic hydroxyl groups excluding tert-OH is 1. The summed E-state index contributed by atoms with van der Waals surface area (Å²) in [6, 6.07) is 9.59. The molecule has 0 amide bonds. The molecule has 0 saturated carbocycles. The van der Waals surface area contributed by atoms with Crippen LogP contribution in [0.15, 0.2) is 24.3 Å². The van der Waals surface area contributed by atoms with Gasteiger partial charge in [0.25, 0.3) is 0 Å². The van der Waals surface area contributed by atoms with E-state index in [9.17, 15) is 0 Å². The second-order valence-electron chi connectivity index (χ2n) is 5.83. The van der Waals surface area contributed by atoms with Gasteiger partial charge in [0.15, 0.2) is 0 Å². The first-order valence-corrected chi connectivity index (χ1v) is 7.33. The average Bonchev–Trinajstić information content (AvgIpc) is 2.41. The van der Waals surface area contributed by atoms with Gasteiger partial charge in [-0.2, -0.15) is 0 Å². The third-order valence-corrected chi connectivity index (χ3v) is 4.00. The summed E-state index contributed by atoms with van der Waals surface area (Å²) in [5.41, 5.74) is 2.77. The summed E-state index contributed by atoms with van der Waals surface area (Å²) >= 11 is 0. The van der Waals surface area contributed by atoms with Crippen molar-refractivity contribution in [1.82, 2.24) is 5.32 Å². The lowest BCUT2D eigenvalue weighted by Gasteiger charge is -2.41. The van der Waals surface area contributed by atoms with Gasteiger partial charge >= 0.3 is 0 Å². The van der Waals surface area contributed by atoms with E-state index in [2.05, 4.69) is 55.3 Å². The zero-order chi connectivity index (χ0) is 13.8. The Hall–Kier alpha value is -1.06. The third-order valence-electron chi connectivity index (χ3n) is 4.00. The van der Waals surface area contributed by atoms with E-state index in [4.69, 9.17) is 5.11 Å². The Labute approximate surface area is 116 Å². The highest BCUT2D eigenvalue weighted by atomic mass is 16.3. The van der Waals surface area contributed by atoms with Gasteiger partial charge < -0.3 is 15.3 Å². The molecule has 0 spiro atoms. The SMILES string of the molecule is CC(C)c1ccccc1N1CC(CCO)NCC1C. The van der Waals surface area contributed by atoms with E-state index in [1.165, 1.54) is 11.3 Å². The van der Waals surface area contributed by atoms with Crippen LogP contribution >= 0.6 is 0 Å². The molecule has 19 heavy (non-hydrogen) atoms.